The van der Waals surface area contributed by atoms with Crippen LogP contribution in [0.1, 0.15) is 18.3 Å². The number of aryl methyl sites for hydroxylation is 2. The molecule has 11 nitrogen and oxygen atoms in total. The quantitative estimate of drug-likeness (QED) is 0.599. The molecule has 164 valence electrons. The highest BCUT2D eigenvalue weighted by molar-refractivity contribution is 7.91. The van der Waals surface area contributed by atoms with Crippen molar-refractivity contribution in [2.75, 3.05) is 36.4 Å². The Morgan fingerprint density at radius 3 is 2.35 bits per heavy atom. The largest absolute Gasteiger partial charge is 0.352 e. The summed E-state index contributed by atoms with van der Waals surface area (Å²) >= 11 is 0.944. The number of hydrogen-bond donors (Lipinski definition) is 1. The monoisotopic (exact) mass is 462 g/mol. The molecule has 4 heterocycles. The maximum Gasteiger partial charge on any atom is 0.254 e. The molecule has 31 heavy (non-hydrogen) atoms. The van der Waals surface area contributed by atoms with Gasteiger partial charge in [0.2, 0.25) is 5.91 Å². The lowest BCUT2D eigenvalue weighted by Crippen LogP contribution is -2.48. The van der Waals surface area contributed by atoms with E-state index in [0.29, 0.717) is 37.8 Å². The van der Waals surface area contributed by atoms with Crippen LogP contribution in [0.15, 0.2) is 28.6 Å². The first-order valence-corrected chi connectivity index (χ1v) is 11.9. The molecule has 0 unspecified atom stereocenters. The summed E-state index contributed by atoms with van der Waals surface area (Å²) in [6.45, 7) is 6.84. The van der Waals surface area contributed by atoms with E-state index < -0.39 is 10.0 Å². The zero-order valence-corrected chi connectivity index (χ0v) is 18.9. The van der Waals surface area contributed by atoms with E-state index in [-0.39, 0.29) is 15.2 Å². The zero-order valence-electron chi connectivity index (χ0n) is 17.3. The molecule has 0 aliphatic carbocycles. The SMILES string of the molecule is CC(=O)Nc1ncc(S(=O)(=O)N2CCN(c3ccc(-n4nc(C)cc4C)nn3)CC2)s1. The molecular formula is C18H22N8O3S2. The molecule has 1 saturated heterocycles. The summed E-state index contributed by atoms with van der Waals surface area (Å²) in [5.41, 5.74) is 1.88. The van der Waals surface area contributed by atoms with Crippen LogP contribution in [0.25, 0.3) is 5.82 Å². The Hall–Kier alpha value is -2.90. The Morgan fingerprint density at radius 2 is 1.77 bits per heavy atom. The van der Waals surface area contributed by atoms with Crippen molar-refractivity contribution in [3.05, 3.63) is 35.8 Å². The van der Waals surface area contributed by atoms with Gasteiger partial charge in [-0.3, -0.25) is 4.79 Å². The predicted molar refractivity (Wildman–Crippen MR) is 116 cm³/mol. The second-order valence-corrected chi connectivity index (χ2v) is 10.3. The molecular weight excluding hydrogens is 440 g/mol. The molecule has 3 aromatic heterocycles. The highest BCUT2D eigenvalue weighted by Crippen LogP contribution is 2.27. The van der Waals surface area contributed by atoms with Gasteiger partial charge in [-0.15, -0.1) is 10.2 Å². The second-order valence-electron chi connectivity index (χ2n) is 7.15. The summed E-state index contributed by atoms with van der Waals surface area (Å²) in [6, 6.07) is 5.69. The fourth-order valence-electron chi connectivity index (χ4n) is 3.33. The standard InChI is InChI=1S/C18H22N8O3S2/c1-12-10-13(2)26(23-12)16-5-4-15(21-22-16)24-6-8-25(9-7-24)31(28,29)17-11-19-18(30-17)20-14(3)27/h4-5,10-11H,6-9H2,1-3H3,(H,19,20,27). The summed E-state index contributed by atoms with van der Waals surface area (Å²) in [4.78, 5) is 17.1. The Bertz CT molecular complexity index is 1190. The highest BCUT2D eigenvalue weighted by atomic mass is 32.2. The first-order valence-electron chi connectivity index (χ1n) is 9.60. The van der Waals surface area contributed by atoms with Crippen LogP contribution in [-0.4, -0.2) is 69.8 Å². The topological polar surface area (TPSA) is 126 Å². The molecule has 0 aromatic carbocycles. The van der Waals surface area contributed by atoms with E-state index in [1.807, 2.05) is 36.9 Å². The van der Waals surface area contributed by atoms with Gasteiger partial charge in [0.05, 0.1) is 11.9 Å². The number of rotatable bonds is 5. The van der Waals surface area contributed by atoms with Crippen molar-refractivity contribution in [3.63, 3.8) is 0 Å². The number of hydrogen-bond acceptors (Lipinski definition) is 9. The molecule has 0 radical (unpaired) electrons. The molecule has 1 N–H and O–H groups in total. The van der Waals surface area contributed by atoms with Crippen molar-refractivity contribution in [1.29, 1.82) is 0 Å². The molecule has 1 aliphatic rings. The van der Waals surface area contributed by atoms with E-state index in [1.54, 1.807) is 4.68 Å². The van der Waals surface area contributed by atoms with Crippen LogP contribution in [0, 0.1) is 13.8 Å². The van der Waals surface area contributed by atoms with Crippen molar-refractivity contribution in [2.45, 2.75) is 25.0 Å². The van der Waals surface area contributed by atoms with Crippen molar-refractivity contribution in [3.8, 4) is 5.82 Å². The smallest absolute Gasteiger partial charge is 0.254 e. The van der Waals surface area contributed by atoms with E-state index in [2.05, 4.69) is 25.6 Å². The van der Waals surface area contributed by atoms with Gasteiger partial charge < -0.3 is 10.2 Å². The van der Waals surface area contributed by atoms with Gasteiger partial charge in [-0.1, -0.05) is 11.3 Å². The third kappa shape index (κ3) is 4.43. The summed E-state index contributed by atoms with van der Waals surface area (Å²) in [5.74, 6) is 1.03. The number of nitrogens with zero attached hydrogens (tertiary/aromatic N) is 7. The highest BCUT2D eigenvalue weighted by Gasteiger charge is 2.31. The predicted octanol–water partition coefficient (Wildman–Crippen LogP) is 1.20. The van der Waals surface area contributed by atoms with Gasteiger partial charge in [0.25, 0.3) is 10.0 Å². The fraction of sp³-hybridized carbons (Fsp3) is 0.389. The fourth-order valence-corrected chi connectivity index (χ4v) is 5.99. The Morgan fingerprint density at radius 1 is 1.10 bits per heavy atom. The lowest BCUT2D eigenvalue weighted by Gasteiger charge is -2.34. The number of thiazole rings is 1. The summed E-state index contributed by atoms with van der Waals surface area (Å²) in [7, 11) is -3.66. The summed E-state index contributed by atoms with van der Waals surface area (Å²) < 4.78 is 29.1. The minimum absolute atomic E-state index is 0.110. The van der Waals surface area contributed by atoms with E-state index >= 15 is 0 Å². The number of sulfonamides is 1. The van der Waals surface area contributed by atoms with Gasteiger partial charge >= 0.3 is 0 Å². The molecule has 0 atom stereocenters. The van der Waals surface area contributed by atoms with Crippen LogP contribution >= 0.6 is 11.3 Å². The number of nitrogens with one attached hydrogen (secondary N) is 1. The van der Waals surface area contributed by atoms with Crippen molar-refractivity contribution < 1.29 is 13.2 Å². The van der Waals surface area contributed by atoms with Crippen molar-refractivity contribution in [2.24, 2.45) is 0 Å². The van der Waals surface area contributed by atoms with Gasteiger partial charge in [-0.05, 0) is 32.0 Å². The average molecular weight is 463 g/mol. The van der Waals surface area contributed by atoms with Crippen molar-refractivity contribution in [1.82, 2.24) is 29.3 Å². The molecule has 0 bridgehead atoms. The molecule has 1 amide bonds. The lowest BCUT2D eigenvalue weighted by molar-refractivity contribution is -0.114. The normalized spacial score (nSPS) is 15.3. The second kappa shape index (κ2) is 8.32. The number of carbonyl (C=O) groups is 1. The maximum absolute atomic E-state index is 12.9. The number of piperazine rings is 1. The van der Waals surface area contributed by atoms with E-state index in [4.69, 9.17) is 0 Å². The number of carbonyl (C=O) groups excluding carboxylic acids is 1. The Balaban J connectivity index is 1.42. The number of aromatic nitrogens is 5. The molecule has 1 aliphatic heterocycles. The van der Waals surface area contributed by atoms with Gasteiger partial charge in [-0.2, -0.15) is 9.40 Å². The van der Waals surface area contributed by atoms with E-state index in [9.17, 15) is 13.2 Å². The van der Waals surface area contributed by atoms with Crippen LogP contribution in [-0.2, 0) is 14.8 Å². The van der Waals surface area contributed by atoms with E-state index in [1.165, 1.54) is 17.4 Å². The van der Waals surface area contributed by atoms with Crippen LogP contribution < -0.4 is 10.2 Å². The van der Waals surface area contributed by atoms with Crippen LogP contribution in [0.3, 0.4) is 0 Å². The minimum Gasteiger partial charge on any atom is -0.352 e. The van der Waals surface area contributed by atoms with Gasteiger partial charge in [0.15, 0.2) is 21.0 Å². The van der Waals surface area contributed by atoms with Crippen LogP contribution in [0.5, 0.6) is 0 Å². The zero-order chi connectivity index (χ0) is 22.2. The van der Waals surface area contributed by atoms with Crippen molar-refractivity contribution >= 4 is 38.2 Å². The third-order valence-corrected chi connectivity index (χ3v) is 8.04. The molecule has 13 heteroatoms. The first kappa shape index (κ1) is 21.3. The summed E-state index contributed by atoms with van der Waals surface area (Å²) in [5, 5.41) is 15.8. The molecule has 4 rings (SSSR count). The Kier molecular flexibility index (Phi) is 5.73. The number of anilines is 2. The Labute approximate surface area is 183 Å². The van der Waals surface area contributed by atoms with Crippen LogP contribution in [0.4, 0.5) is 10.9 Å². The average Bonchev–Trinajstić information content (AvgIpc) is 3.34. The first-order chi connectivity index (χ1) is 14.7. The third-order valence-electron chi connectivity index (χ3n) is 4.79. The molecule has 0 spiro atoms. The lowest BCUT2D eigenvalue weighted by atomic mass is 10.3. The van der Waals surface area contributed by atoms with Crippen LogP contribution in [0.2, 0.25) is 0 Å². The molecule has 3 aromatic rings. The van der Waals surface area contributed by atoms with Gasteiger partial charge in [-0.25, -0.2) is 18.1 Å². The molecule has 0 saturated carbocycles. The minimum atomic E-state index is -3.66. The van der Waals surface area contributed by atoms with Gasteiger partial charge in [0.1, 0.15) is 0 Å². The molecule has 1 fully saturated rings. The number of amides is 1. The maximum atomic E-state index is 12.9. The van der Waals surface area contributed by atoms with Gasteiger partial charge in [0, 0.05) is 38.8 Å². The van der Waals surface area contributed by atoms with E-state index in [0.717, 1.165) is 22.7 Å². The summed E-state index contributed by atoms with van der Waals surface area (Å²) in [6.07, 6.45) is 1.28.